The Morgan fingerprint density at radius 3 is 2.81 bits per heavy atom. The van der Waals surface area contributed by atoms with Crippen LogP contribution in [-0.4, -0.2) is 15.6 Å². The zero-order valence-electron chi connectivity index (χ0n) is 11.7. The highest BCUT2D eigenvalue weighted by molar-refractivity contribution is 6.12. The maximum absolute atomic E-state index is 12.5. The normalized spacial score (nSPS) is 10.8. The molecule has 0 unspecified atom stereocenters. The van der Waals surface area contributed by atoms with Gasteiger partial charge in [-0.1, -0.05) is 18.2 Å². The molecule has 2 aromatic carbocycles. The predicted octanol–water partition coefficient (Wildman–Crippen LogP) is 2.92. The molecule has 0 aliphatic heterocycles. The fraction of sp³-hybridized carbons (Fsp3) is 0.118. The van der Waals surface area contributed by atoms with Gasteiger partial charge in [-0.25, -0.2) is 0 Å². The Hall–Kier alpha value is -2.59. The first kappa shape index (κ1) is 13.4. The number of carbonyl (C=O) groups is 1. The Morgan fingerprint density at radius 2 is 2.00 bits per heavy atom. The van der Waals surface area contributed by atoms with E-state index in [1.807, 2.05) is 60.3 Å². The molecule has 0 aliphatic carbocycles. The van der Waals surface area contributed by atoms with Crippen LogP contribution in [0.1, 0.15) is 15.9 Å². The maximum Gasteiger partial charge on any atom is 0.256 e. The smallest absolute Gasteiger partial charge is 0.256 e. The number of fused-ring (bicyclic) bond motifs is 1. The average Bonchev–Trinajstić information content (AvgIpc) is 2.89. The lowest BCUT2D eigenvalue weighted by Gasteiger charge is -2.08. The minimum atomic E-state index is -0.151. The van der Waals surface area contributed by atoms with Crippen molar-refractivity contribution < 1.29 is 9.90 Å². The van der Waals surface area contributed by atoms with Crippen LogP contribution in [0.25, 0.3) is 10.9 Å². The molecule has 0 aliphatic rings. The molecule has 106 valence electrons. The standard InChI is InChI=1S/C17H16N2O2/c1-19-9-8-14-15(6-3-7-16(14)19)17(21)18-13-5-2-4-12(10-13)11-20/h2-10,20H,11H2,1H3,(H,18,21). The quantitative estimate of drug-likeness (QED) is 0.775. The Bertz CT molecular complexity index is 805. The van der Waals surface area contributed by atoms with Crippen molar-refractivity contribution in [2.45, 2.75) is 6.61 Å². The van der Waals surface area contributed by atoms with E-state index in [0.29, 0.717) is 11.3 Å². The molecule has 1 amide bonds. The largest absolute Gasteiger partial charge is 0.392 e. The van der Waals surface area contributed by atoms with Crippen molar-refractivity contribution in [3.63, 3.8) is 0 Å². The maximum atomic E-state index is 12.5. The molecule has 21 heavy (non-hydrogen) atoms. The third-order valence-corrected chi connectivity index (χ3v) is 3.54. The van der Waals surface area contributed by atoms with Gasteiger partial charge in [-0.15, -0.1) is 0 Å². The van der Waals surface area contributed by atoms with Gasteiger partial charge in [-0.05, 0) is 35.9 Å². The Morgan fingerprint density at radius 1 is 1.19 bits per heavy atom. The lowest BCUT2D eigenvalue weighted by atomic mass is 10.1. The monoisotopic (exact) mass is 280 g/mol. The molecule has 0 fully saturated rings. The molecule has 0 radical (unpaired) electrons. The van der Waals surface area contributed by atoms with Gasteiger partial charge >= 0.3 is 0 Å². The van der Waals surface area contributed by atoms with Gasteiger partial charge in [0.05, 0.1) is 6.61 Å². The second-order valence-corrected chi connectivity index (χ2v) is 4.98. The highest BCUT2D eigenvalue weighted by Gasteiger charge is 2.11. The van der Waals surface area contributed by atoms with Crippen molar-refractivity contribution in [2.24, 2.45) is 7.05 Å². The van der Waals surface area contributed by atoms with Gasteiger partial charge in [-0.2, -0.15) is 0 Å². The number of rotatable bonds is 3. The van der Waals surface area contributed by atoms with Crippen molar-refractivity contribution in [1.82, 2.24) is 4.57 Å². The van der Waals surface area contributed by atoms with Crippen LogP contribution in [-0.2, 0) is 13.7 Å². The van der Waals surface area contributed by atoms with Crippen molar-refractivity contribution in [3.8, 4) is 0 Å². The van der Waals surface area contributed by atoms with Crippen molar-refractivity contribution in [1.29, 1.82) is 0 Å². The van der Waals surface area contributed by atoms with Crippen LogP contribution in [0.2, 0.25) is 0 Å². The number of aromatic nitrogens is 1. The summed E-state index contributed by atoms with van der Waals surface area (Å²) in [6.07, 6.45) is 1.94. The highest BCUT2D eigenvalue weighted by Crippen LogP contribution is 2.21. The number of benzene rings is 2. The second-order valence-electron chi connectivity index (χ2n) is 4.98. The van der Waals surface area contributed by atoms with E-state index in [2.05, 4.69) is 5.32 Å². The molecule has 2 N–H and O–H groups in total. The van der Waals surface area contributed by atoms with Gasteiger partial charge in [0.15, 0.2) is 0 Å². The first-order valence-electron chi connectivity index (χ1n) is 6.74. The number of hydrogen-bond donors (Lipinski definition) is 2. The lowest BCUT2D eigenvalue weighted by molar-refractivity contribution is 0.102. The van der Waals surface area contributed by atoms with Gasteiger partial charge in [0, 0.05) is 35.4 Å². The molecule has 3 rings (SSSR count). The third-order valence-electron chi connectivity index (χ3n) is 3.54. The van der Waals surface area contributed by atoms with E-state index in [1.165, 1.54) is 0 Å². The van der Waals surface area contributed by atoms with Crippen LogP contribution >= 0.6 is 0 Å². The SMILES string of the molecule is Cn1ccc2c(C(=O)Nc3cccc(CO)c3)cccc21. The zero-order chi connectivity index (χ0) is 14.8. The first-order chi connectivity index (χ1) is 10.2. The first-order valence-corrected chi connectivity index (χ1v) is 6.74. The zero-order valence-corrected chi connectivity index (χ0v) is 11.7. The number of amides is 1. The highest BCUT2D eigenvalue weighted by atomic mass is 16.3. The average molecular weight is 280 g/mol. The van der Waals surface area contributed by atoms with Gasteiger partial charge in [0.25, 0.3) is 5.91 Å². The summed E-state index contributed by atoms with van der Waals surface area (Å²) in [4.78, 5) is 12.5. The summed E-state index contributed by atoms with van der Waals surface area (Å²) in [5.41, 5.74) is 3.11. The van der Waals surface area contributed by atoms with E-state index in [-0.39, 0.29) is 12.5 Å². The molecule has 1 heterocycles. The molecule has 0 bridgehead atoms. The second kappa shape index (κ2) is 5.42. The van der Waals surface area contributed by atoms with E-state index in [9.17, 15) is 4.79 Å². The minimum absolute atomic E-state index is 0.0437. The van der Waals surface area contributed by atoms with E-state index in [1.54, 1.807) is 6.07 Å². The summed E-state index contributed by atoms with van der Waals surface area (Å²) >= 11 is 0. The van der Waals surface area contributed by atoms with Crippen molar-refractivity contribution >= 4 is 22.5 Å². The number of anilines is 1. The van der Waals surface area contributed by atoms with Crippen molar-refractivity contribution in [2.75, 3.05) is 5.32 Å². The Kier molecular flexibility index (Phi) is 3.46. The predicted molar refractivity (Wildman–Crippen MR) is 83.2 cm³/mol. The summed E-state index contributed by atoms with van der Waals surface area (Å²) in [5.74, 6) is -0.151. The van der Waals surface area contributed by atoms with Gasteiger partial charge in [0.1, 0.15) is 0 Å². The minimum Gasteiger partial charge on any atom is -0.392 e. The van der Waals surface area contributed by atoms with E-state index >= 15 is 0 Å². The number of nitrogens with zero attached hydrogens (tertiary/aromatic N) is 1. The molecule has 1 aromatic heterocycles. The molecule has 0 spiro atoms. The number of aliphatic hydroxyl groups excluding tert-OH is 1. The van der Waals surface area contributed by atoms with Crippen LogP contribution in [0.5, 0.6) is 0 Å². The molecule has 0 atom stereocenters. The van der Waals surface area contributed by atoms with E-state index in [0.717, 1.165) is 16.5 Å². The number of aryl methyl sites for hydroxylation is 1. The molecular weight excluding hydrogens is 264 g/mol. The molecule has 3 aromatic rings. The van der Waals surface area contributed by atoms with Gasteiger partial charge in [0.2, 0.25) is 0 Å². The van der Waals surface area contributed by atoms with E-state index < -0.39 is 0 Å². The summed E-state index contributed by atoms with van der Waals surface area (Å²) in [7, 11) is 1.95. The molecule has 0 saturated carbocycles. The lowest BCUT2D eigenvalue weighted by Crippen LogP contribution is -2.12. The summed E-state index contributed by atoms with van der Waals surface area (Å²) in [6, 6.07) is 14.8. The Balaban J connectivity index is 1.93. The molecule has 4 heteroatoms. The number of nitrogens with one attached hydrogen (secondary N) is 1. The van der Waals surface area contributed by atoms with Gasteiger partial charge in [-0.3, -0.25) is 4.79 Å². The summed E-state index contributed by atoms with van der Waals surface area (Å²) in [5, 5.41) is 12.9. The fourth-order valence-electron chi connectivity index (χ4n) is 2.45. The summed E-state index contributed by atoms with van der Waals surface area (Å²) < 4.78 is 1.98. The number of carbonyl (C=O) groups excluding carboxylic acids is 1. The number of aliphatic hydroxyl groups is 1. The third kappa shape index (κ3) is 2.53. The van der Waals surface area contributed by atoms with Crippen LogP contribution in [0.4, 0.5) is 5.69 Å². The number of hydrogen-bond acceptors (Lipinski definition) is 2. The fourth-order valence-corrected chi connectivity index (χ4v) is 2.45. The topological polar surface area (TPSA) is 54.3 Å². The van der Waals surface area contributed by atoms with E-state index in [4.69, 9.17) is 5.11 Å². The van der Waals surface area contributed by atoms with Crippen LogP contribution in [0.3, 0.4) is 0 Å². The van der Waals surface area contributed by atoms with Crippen LogP contribution < -0.4 is 5.32 Å². The van der Waals surface area contributed by atoms with Crippen LogP contribution in [0.15, 0.2) is 54.7 Å². The summed E-state index contributed by atoms with van der Waals surface area (Å²) in [6.45, 7) is -0.0437. The van der Waals surface area contributed by atoms with Gasteiger partial charge < -0.3 is 15.0 Å². The molecular formula is C17H16N2O2. The van der Waals surface area contributed by atoms with Crippen molar-refractivity contribution in [3.05, 3.63) is 65.9 Å². The molecule has 4 nitrogen and oxygen atoms in total. The van der Waals surface area contributed by atoms with Crippen LogP contribution in [0, 0.1) is 0 Å². The molecule has 0 saturated heterocycles. The Labute approximate surface area is 122 Å².